The second kappa shape index (κ2) is 15.1. The Kier molecular flexibility index (Phi) is 13.8. The molecule has 0 heterocycles. The zero-order valence-electron chi connectivity index (χ0n) is 45.1. The summed E-state index contributed by atoms with van der Waals surface area (Å²) in [5.74, 6) is 0. The number of hydrogen-bond donors (Lipinski definition) is 0. The molecular formula is C49H99ClSi9. The van der Waals surface area contributed by atoms with Gasteiger partial charge in [-0.25, -0.2) is 0 Å². The van der Waals surface area contributed by atoms with Gasteiger partial charge < -0.3 is 0 Å². The summed E-state index contributed by atoms with van der Waals surface area (Å²) in [5, 5.41) is 1.19. The fourth-order valence-corrected chi connectivity index (χ4v) is 467. The Morgan fingerprint density at radius 1 is 0.322 bits per heavy atom. The third-order valence-corrected chi connectivity index (χ3v) is 271. The van der Waals surface area contributed by atoms with E-state index < -0.39 is 64.3 Å². The van der Waals surface area contributed by atoms with Gasteiger partial charge in [0.25, 0.3) is 0 Å². The van der Waals surface area contributed by atoms with Crippen molar-refractivity contribution in [2.24, 2.45) is 0 Å². The average Bonchev–Trinajstić information content (AvgIpc) is 3.32. The zero-order valence-corrected chi connectivity index (χ0v) is 54.8. The normalized spacial score (nSPS) is 17.0. The van der Waals surface area contributed by atoms with E-state index in [-0.39, 0.29) is 30.2 Å². The molecule has 2 aromatic carbocycles. The van der Waals surface area contributed by atoms with Crippen LogP contribution >= 0.6 is 11.1 Å². The van der Waals surface area contributed by atoms with E-state index in [2.05, 4.69) is 252 Å². The van der Waals surface area contributed by atoms with E-state index in [4.69, 9.17) is 0 Å². The van der Waals surface area contributed by atoms with Gasteiger partial charge in [0, 0.05) is 51.1 Å². The van der Waals surface area contributed by atoms with Gasteiger partial charge in [0.1, 0.15) is 6.42 Å². The maximum Gasteiger partial charge on any atom is 0.136 e. The summed E-state index contributed by atoms with van der Waals surface area (Å²) >= 11 is 11.1. The lowest BCUT2D eigenvalue weighted by Gasteiger charge is -2.83. The monoisotopic (exact) mass is 975 g/mol. The van der Waals surface area contributed by atoms with Crippen molar-refractivity contribution in [3.8, 4) is 11.1 Å². The largest absolute Gasteiger partial charge is 0.175 e. The quantitative estimate of drug-likeness (QED) is 0.174. The molecule has 1 aliphatic carbocycles. The highest BCUT2D eigenvalue weighted by Gasteiger charge is 2.92. The Bertz CT molecular complexity index is 1600. The molecule has 0 aromatic heterocycles. The standard InChI is InChI=1S/C49H99ClSi9/c1-44(2,3)51(19,20)58(52(21,22)45(4,5)6,53(23,24)46(7,8)9)57(50,43-41-37-33-31-35-39(41)40-36-32-34-38-42(40)43)59(54(25,26)47(10,11)12,55(27,28)48(13,14)15)56(29,30)49(16,17)18/h31-38,43H,1-30H3. The number of rotatable bonds is 9. The molecule has 0 nitrogen and oxygen atoms in total. The predicted octanol–water partition coefficient (Wildman–Crippen LogP) is 18.1. The van der Waals surface area contributed by atoms with E-state index >= 15 is 0 Å². The van der Waals surface area contributed by atoms with Gasteiger partial charge in [-0.1, -0.05) is 252 Å². The Morgan fingerprint density at radius 3 is 0.661 bits per heavy atom. The first-order valence-corrected chi connectivity index (χ1v) is 56.5. The van der Waals surface area contributed by atoms with Crippen LogP contribution in [0.3, 0.4) is 0 Å². The molecule has 0 bridgehead atoms. The van der Waals surface area contributed by atoms with Crippen molar-refractivity contribution >= 4 is 75.3 Å². The van der Waals surface area contributed by atoms with E-state index in [9.17, 15) is 11.1 Å². The van der Waals surface area contributed by atoms with Crippen molar-refractivity contribution < 1.29 is 0 Å². The maximum atomic E-state index is 11.1. The maximum absolute atomic E-state index is 11.1. The van der Waals surface area contributed by atoms with Gasteiger partial charge in [0.2, 0.25) is 0 Å². The molecule has 0 amide bonds. The topological polar surface area (TPSA) is 0 Å². The summed E-state index contributed by atoms with van der Waals surface area (Å²) in [4.78, 5) is 0. The van der Waals surface area contributed by atoms with E-state index in [0.29, 0.717) is 5.54 Å². The van der Waals surface area contributed by atoms with E-state index in [0.717, 1.165) is 0 Å². The summed E-state index contributed by atoms with van der Waals surface area (Å²) in [6, 6.07) is 19.9. The van der Waals surface area contributed by atoms with E-state index in [1.54, 1.807) is 11.1 Å². The summed E-state index contributed by atoms with van der Waals surface area (Å²) in [7, 11) is -14.1. The molecule has 0 atom stereocenters. The molecule has 0 saturated carbocycles. The molecule has 59 heavy (non-hydrogen) atoms. The lowest BCUT2D eigenvalue weighted by molar-refractivity contribution is 0.718. The van der Waals surface area contributed by atoms with Crippen LogP contribution in [-0.2, 0) is 0 Å². The van der Waals surface area contributed by atoms with Gasteiger partial charge in [-0.3, -0.25) is 0 Å². The summed E-state index contributed by atoms with van der Waals surface area (Å²) in [5.41, 5.74) is 6.65. The molecule has 0 radical (unpaired) electrons. The first-order chi connectivity index (χ1) is 25.6. The Hall–Kier alpha value is 0.682. The first kappa shape index (κ1) is 54.0. The van der Waals surface area contributed by atoms with Crippen LogP contribution in [0.25, 0.3) is 11.1 Å². The molecule has 338 valence electrons. The van der Waals surface area contributed by atoms with E-state index in [1.165, 1.54) is 11.1 Å². The van der Waals surface area contributed by atoms with Gasteiger partial charge in [0.05, 0.1) is 12.3 Å². The van der Waals surface area contributed by atoms with Gasteiger partial charge in [-0.15, -0.1) is 0 Å². The first-order valence-electron chi connectivity index (χ1n) is 23.5. The molecule has 0 spiro atoms. The van der Waals surface area contributed by atoms with Crippen LogP contribution < -0.4 is 0 Å². The SMILES string of the molecule is CC(C)(C)[Si](C)(C)[Si]([Si](C)(C)C(C)(C)C)([Si](C)(C)C(C)(C)C)[Si](Cl)(C1c2ccccc2-c2ccccc21)[Si]([Si](C)(C)C(C)(C)C)([Si](C)(C)C(C)(C)C)[Si](C)(C)C(C)(C)C. The molecule has 0 aliphatic heterocycles. The van der Waals surface area contributed by atoms with E-state index in [1.807, 2.05) is 0 Å². The van der Waals surface area contributed by atoms with Crippen molar-refractivity contribution in [3.63, 3.8) is 0 Å². The van der Waals surface area contributed by atoms with Crippen LogP contribution in [0.4, 0.5) is 0 Å². The number of halogens is 1. The molecule has 0 saturated heterocycles. The highest BCUT2D eigenvalue weighted by molar-refractivity contribution is 8.31. The fraction of sp³-hybridized carbons (Fsp3) is 0.755. The molecule has 10 heteroatoms. The third kappa shape index (κ3) is 6.79. The summed E-state index contributed by atoms with van der Waals surface area (Å²) in [6.45, 7) is 85.9. The minimum absolute atomic E-state index is 0.198. The van der Waals surface area contributed by atoms with Gasteiger partial charge in [-0.2, -0.15) is 11.1 Å². The van der Waals surface area contributed by atoms with Crippen molar-refractivity contribution in [2.75, 3.05) is 0 Å². The van der Waals surface area contributed by atoms with Crippen molar-refractivity contribution in [1.29, 1.82) is 0 Å². The summed E-state index contributed by atoms with van der Waals surface area (Å²) < 4.78 is 0. The molecule has 0 fully saturated rings. The number of hydrogen-bond acceptors (Lipinski definition) is 0. The van der Waals surface area contributed by atoms with Crippen LogP contribution in [0.5, 0.6) is 0 Å². The third-order valence-electron chi connectivity index (χ3n) is 21.2. The number of benzene rings is 2. The average molecular weight is 977 g/mol. The predicted molar refractivity (Wildman–Crippen MR) is 300 cm³/mol. The van der Waals surface area contributed by atoms with Gasteiger partial charge in [0.15, 0.2) is 0 Å². The zero-order chi connectivity index (χ0) is 47.0. The molecular weight excluding hydrogens is 877 g/mol. The molecule has 0 unspecified atom stereocenters. The fourth-order valence-electron chi connectivity index (χ4n) is 14.1. The van der Waals surface area contributed by atoms with Crippen molar-refractivity contribution in [1.82, 2.24) is 0 Å². The Balaban J connectivity index is 3.44. The van der Waals surface area contributed by atoms with Crippen LogP contribution in [0, 0.1) is 0 Å². The van der Waals surface area contributed by atoms with Crippen LogP contribution in [0.2, 0.25) is 109 Å². The molecule has 1 aliphatic rings. The Morgan fingerprint density at radius 2 is 0.492 bits per heavy atom. The van der Waals surface area contributed by atoms with Crippen molar-refractivity contribution in [2.45, 2.75) is 239 Å². The smallest absolute Gasteiger partial charge is 0.136 e. The molecule has 2 aromatic rings. The lowest BCUT2D eigenvalue weighted by Crippen LogP contribution is -3.10. The van der Waals surface area contributed by atoms with Crippen LogP contribution in [-0.4, -0.2) is 64.3 Å². The minimum Gasteiger partial charge on any atom is -0.175 e. The summed E-state index contributed by atoms with van der Waals surface area (Å²) in [6.07, 6.45) is -8.74. The second-order valence-corrected chi connectivity index (χ2v) is 131. The molecule has 0 N–H and O–H groups in total. The highest BCUT2D eigenvalue weighted by Crippen LogP contribution is 2.73. The number of fused-ring (bicyclic) bond motifs is 3. The lowest BCUT2D eigenvalue weighted by atomic mass is 10.1. The van der Waals surface area contributed by atoms with Crippen LogP contribution in [0.15, 0.2) is 48.5 Å². The molecule has 3 rings (SSSR count). The van der Waals surface area contributed by atoms with Gasteiger partial charge >= 0.3 is 0 Å². The van der Waals surface area contributed by atoms with Crippen molar-refractivity contribution in [3.05, 3.63) is 59.7 Å². The second-order valence-electron chi connectivity index (χ2n) is 29.1. The Labute approximate surface area is 382 Å². The van der Waals surface area contributed by atoms with Crippen LogP contribution in [0.1, 0.15) is 141 Å². The van der Waals surface area contributed by atoms with Gasteiger partial charge in [-0.05, 0) is 52.5 Å². The minimum atomic E-state index is -3.23. The highest BCUT2D eigenvalue weighted by atomic mass is 35.6.